The molecule has 1 atom stereocenters. The highest BCUT2D eigenvalue weighted by atomic mass is 32.1. The number of carbonyl (C=O) groups is 1. The maximum atomic E-state index is 12.1. The van der Waals surface area contributed by atoms with E-state index in [0.717, 1.165) is 4.88 Å². The number of nitrogens with zero attached hydrogens (tertiary/aromatic N) is 1. The molecule has 3 nitrogen and oxygen atoms in total. The lowest BCUT2D eigenvalue weighted by Gasteiger charge is -2.25. The summed E-state index contributed by atoms with van der Waals surface area (Å²) in [6, 6.07) is 2.03. The number of thiophene rings is 1. The molecular weight excluding hydrogens is 234 g/mol. The number of fused-ring (bicyclic) bond motifs is 1. The van der Waals surface area contributed by atoms with Gasteiger partial charge in [0, 0.05) is 21.7 Å². The van der Waals surface area contributed by atoms with Gasteiger partial charge in [0.1, 0.15) is 0 Å². The van der Waals surface area contributed by atoms with Crippen LogP contribution in [0.2, 0.25) is 0 Å². The quantitative estimate of drug-likeness (QED) is 0.836. The summed E-state index contributed by atoms with van der Waals surface area (Å²) in [7, 11) is 0. The highest BCUT2D eigenvalue weighted by Gasteiger charge is 2.32. The summed E-state index contributed by atoms with van der Waals surface area (Å²) in [5.41, 5.74) is 0.879. The number of aliphatic hydroxyl groups is 1. The summed E-state index contributed by atoms with van der Waals surface area (Å²) in [5, 5.41) is 9.52. The SMILES string of the molecule is CC(O)c1cc2c(s1)CN(C(=O)C(C)(C)C)C2. The zero-order chi connectivity index (χ0) is 12.8. The van der Waals surface area contributed by atoms with Gasteiger partial charge in [0.05, 0.1) is 12.6 Å². The average molecular weight is 253 g/mol. The molecule has 0 aromatic carbocycles. The van der Waals surface area contributed by atoms with Gasteiger partial charge in [0.25, 0.3) is 0 Å². The molecule has 1 aliphatic rings. The molecule has 0 aliphatic carbocycles. The summed E-state index contributed by atoms with van der Waals surface area (Å²) in [6.45, 7) is 9.01. The van der Waals surface area contributed by atoms with Gasteiger partial charge in [0.15, 0.2) is 0 Å². The highest BCUT2D eigenvalue weighted by molar-refractivity contribution is 7.12. The lowest BCUT2D eigenvalue weighted by molar-refractivity contribution is -0.140. The minimum Gasteiger partial charge on any atom is -0.388 e. The van der Waals surface area contributed by atoms with Crippen molar-refractivity contribution in [2.45, 2.75) is 46.9 Å². The van der Waals surface area contributed by atoms with Crippen molar-refractivity contribution in [2.24, 2.45) is 5.41 Å². The molecule has 1 N–H and O–H groups in total. The molecule has 1 aliphatic heterocycles. The van der Waals surface area contributed by atoms with Crippen molar-refractivity contribution in [3.63, 3.8) is 0 Å². The van der Waals surface area contributed by atoms with Crippen molar-refractivity contribution in [3.8, 4) is 0 Å². The molecule has 0 fully saturated rings. The van der Waals surface area contributed by atoms with Crippen molar-refractivity contribution in [1.29, 1.82) is 0 Å². The first-order valence-electron chi connectivity index (χ1n) is 5.88. The molecule has 4 heteroatoms. The van der Waals surface area contributed by atoms with Crippen molar-refractivity contribution < 1.29 is 9.90 Å². The van der Waals surface area contributed by atoms with E-state index in [0.29, 0.717) is 13.1 Å². The fourth-order valence-corrected chi connectivity index (χ4v) is 3.15. The van der Waals surface area contributed by atoms with Crippen LogP contribution in [0.25, 0.3) is 0 Å². The highest BCUT2D eigenvalue weighted by Crippen LogP contribution is 2.35. The predicted molar refractivity (Wildman–Crippen MR) is 68.7 cm³/mol. The molecule has 1 aromatic heterocycles. The van der Waals surface area contributed by atoms with E-state index >= 15 is 0 Å². The van der Waals surface area contributed by atoms with Gasteiger partial charge >= 0.3 is 0 Å². The second-order valence-electron chi connectivity index (χ2n) is 5.68. The average Bonchev–Trinajstić information content (AvgIpc) is 2.70. The minimum absolute atomic E-state index is 0.194. The molecule has 0 spiro atoms. The van der Waals surface area contributed by atoms with Gasteiger partial charge in [-0.15, -0.1) is 11.3 Å². The second-order valence-corrected chi connectivity index (χ2v) is 6.85. The Balaban J connectivity index is 2.13. The molecule has 0 saturated carbocycles. The van der Waals surface area contributed by atoms with Crippen LogP contribution in [0, 0.1) is 5.41 Å². The van der Waals surface area contributed by atoms with Crippen LogP contribution >= 0.6 is 11.3 Å². The van der Waals surface area contributed by atoms with Crippen molar-refractivity contribution in [1.82, 2.24) is 4.90 Å². The maximum Gasteiger partial charge on any atom is 0.228 e. The van der Waals surface area contributed by atoms with E-state index in [4.69, 9.17) is 0 Å². The zero-order valence-electron chi connectivity index (χ0n) is 10.8. The van der Waals surface area contributed by atoms with E-state index in [9.17, 15) is 9.90 Å². The Morgan fingerprint density at radius 2 is 2.12 bits per heavy atom. The number of aliphatic hydroxyl groups excluding tert-OH is 1. The van der Waals surface area contributed by atoms with Crippen LogP contribution in [-0.2, 0) is 17.9 Å². The van der Waals surface area contributed by atoms with Crippen LogP contribution in [0.3, 0.4) is 0 Å². The van der Waals surface area contributed by atoms with E-state index in [-0.39, 0.29) is 11.3 Å². The Bertz CT molecular complexity index is 419. The van der Waals surface area contributed by atoms with E-state index in [1.807, 2.05) is 31.7 Å². The van der Waals surface area contributed by atoms with Crippen molar-refractivity contribution in [3.05, 3.63) is 21.4 Å². The van der Waals surface area contributed by atoms with Gasteiger partial charge in [-0.1, -0.05) is 20.8 Å². The maximum absolute atomic E-state index is 12.1. The first-order chi connectivity index (χ1) is 7.79. The number of rotatable bonds is 1. The largest absolute Gasteiger partial charge is 0.388 e. The van der Waals surface area contributed by atoms with Crippen molar-refractivity contribution >= 4 is 17.2 Å². The normalized spacial score (nSPS) is 17.1. The summed E-state index contributed by atoms with van der Waals surface area (Å²) in [6.07, 6.45) is -0.405. The molecular formula is C13H19NO2S. The summed E-state index contributed by atoms with van der Waals surface area (Å²) in [4.78, 5) is 16.2. The summed E-state index contributed by atoms with van der Waals surface area (Å²) < 4.78 is 0. The van der Waals surface area contributed by atoms with Gasteiger partial charge in [-0.05, 0) is 18.6 Å². The van der Waals surface area contributed by atoms with E-state index in [1.54, 1.807) is 18.3 Å². The summed E-state index contributed by atoms with van der Waals surface area (Å²) >= 11 is 1.62. The first kappa shape index (κ1) is 12.6. The first-order valence-corrected chi connectivity index (χ1v) is 6.69. The minimum atomic E-state index is -0.405. The van der Waals surface area contributed by atoms with Crippen LogP contribution in [0.5, 0.6) is 0 Å². The molecule has 1 unspecified atom stereocenters. The number of amides is 1. The van der Waals surface area contributed by atoms with E-state index < -0.39 is 6.10 Å². The van der Waals surface area contributed by atoms with Crippen LogP contribution < -0.4 is 0 Å². The monoisotopic (exact) mass is 253 g/mol. The van der Waals surface area contributed by atoms with Crippen molar-refractivity contribution in [2.75, 3.05) is 0 Å². The predicted octanol–water partition coefficient (Wildman–Crippen LogP) is 2.69. The van der Waals surface area contributed by atoms with Crippen LogP contribution in [0.1, 0.15) is 49.1 Å². The van der Waals surface area contributed by atoms with Gasteiger partial charge < -0.3 is 10.0 Å². The Morgan fingerprint density at radius 1 is 1.47 bits per heavy atom. The van der Waals surface area contributed by atoms with Crippen LogP contribution in [-0.4, -0.2) is 15.9 Å². The third-order valence-corrected chi connectivity index (χ3v) is 4.28. The third kappa shape index (κ3) is 2.38. The third-order valence-electron chi connectivity index (χ3n) is 2.95. The van der Waals surface area contributed by atoms with Crippen LogP contribution in [0.4, 0.5) is 0 Å². The van der Waals surface area contributed by atoms with E-state index in [2.05, 4.69) is 0 Å². The molecule has 0 saturated heterocycles. The molecule has 0 bridgehead atoms. The lowest BCUT2D eigenvalue weighted by Crippen LogP contribution is -2.35. The number of hydrogen-bond acceptors (Lipinski definition) is 3. The number of carbonyl (C=O) groups excluding carboxylic acids is 1. The topological polar surface area (TPSA) is 40.5 Å². The molecule has 94 valence electrons. The molecule has 2 heterocycles. The van der Waals surface area contributed by atoms with Gasteiger partial charge in [-0.2, -0.15) is 0 Å². The second kappa shape index (κ2) is 4.10. The van der Waals surface area contributed by atoms with Crippen LogP contribution in [0.15, 0.2) is 6.07 Å². The molecule has 17 heavy (non-hydrogen) atoms. The van der Waals surface area contributed by atoms with E-state index in [1.165, 1.54) is 10.4 Å². The van der Waals surface area contributed by atoms with Gasteiger partial charge in [-0.25, -0.2) is 0 Å². The smallest absolute Gasteiger partial charge is 0.228 e. The molecule has 1 aromatic rings. The lowest BCUT2D eigenvalue weighted by atomic mass is 9.95. The van der Waals surface area contributed by atoms with Gasteiger partial charge in [-0.3, -0.25) is 4.79 Å². The zero-order valence-corrected chi connectivity index (χ0v) is 11.6. The summed E-state index contributed by atoms with van der Waals surface area (Å²) in [5.74, 6) is 0.194. The Morgan fingerprint density at radius 3 is 2.59 bits per heavy atom. The molecule has 0 radical (unpaired) electrons. The number of hydrogen-bond donors (Lipinski definition) is 1. The Kier molecular flexibility index (Phi) is 3.04. The standard InChI is InChI=1S/C13H19NO2S/c1-8(15)10-5-9-6-14(7-11(9)17-10)12(16)13(2,3)4/h5,8,15H,6-7H2,1-4H3. The fraction of sp³-hybridized carbons (Fsp3) is 0.615. The van der Waals surface area contributed by atoms with Gasteiger partial charge in [0.2, 0.25) is 5.91 Å². The molecule has 1 amide bonds. The fourth-order valence-electron chi connectivity index (χ4n) is 2.02. The Hall–Kier alpha value is -0.870. The molecule has 2 rings (SSSR count). The Labute approximate surface area is 106 Å².